The van der Waals surface area contributed by atoms with E-state index in [9.17, 15) is 0 Å². The van der Waals surface area contributed by atoms with Gasteiger partial charge < -0.3 is 9.13 Å². The van der Waals surface area contributed by atoms with Crippen LogP contribution in [-0.2, 0) is 0 Å². The first kappa shape index (κ1) is 35.5. The summed E-state index contributed by atoms with van der Waals surface area (Å²) in [7, 11) is 0. The molecule has 0 atom stereocenters. The number of nitrogens with zero attached hydrogens (tertiary/aromatic N) is 5. The highest BCUT2D eigenvalue weighted by Gasteiger charge is 2.23. The summed E-state index contributed by atoms with van der Waals surface area (Å²) in [6.45, 7) is 0. The number of hydrogen-bond acceptors (Lipinski definition) is 3. The maximum absolute atomic E-state index is 5.26. The quantitative estimate of drug-likeness (QED) is 0.162. The van der Waals surface area contributed by atoms with Gasteiger partial charge in [-0.2, -0.15) is 0 Å². The van der Waals surface area contributed by atoms with Gasteiger partial charge in [0.2, 0.25) is 0 Å². The van der Waals surface area contributed by atoms with Crippen molar-refractivity contribution >= 4 is 43.6 Å². The standard InChI is InChI=1S/C57H37N5/c1-5-19-38(20-6-1)46-37-54(47(39-21-7-2-8-22-39)36-49(46)57-59-55(40-23-9-3-10-24-40)58-56(60-57)41-25-11-4-12-26-41)62-52-32-18-15-29-45(52)48-35-42(33-34-53(48)62)61-50-30-16-13-27-43(50)44-28-14-17-31-51(44)61/h1-37H. The van der Waals surface area contributed by atoms with Crippen LogP contribution in [-0.4, -0.2) is 24.1 Å². The molecular weight excluding hydrogens is 755 g/mol. The van der Waals surface area contributed by atoms with Crippen LogP contribution in [0.3, 0.4) is 0 Å². The van der Waals surface area contributed by atoms with E-state index in [2.05, 4.69) is 197 Å². The van der Waals surface area contributed by atoms with Crippen molar-refractivity contribution in [2.75, 3.05) is 0 Å². The number of fused-ring (bicyclic) bond motifs is 6. The van der Waals surface area contributed by atoms with E-state index in [0.717, 1.165) is 61.4 Å². The second kappa shape index (κ2) is 14.7. The van der Waals surface area contributed by atoms with Gasteiger partial charge in [-0.05, 0) is 65.2 Å². The van der Waals surface area contributed by atoms with E-state index in [1.807, 2.05) is 36.4 Å². The van der Waals surface area contributed by atoms with Crippen LogP contribution in [0.15, 0.2) is 224 Å². The summed E-state index contributed by atoms with van der Waals surface area (Å²) < 4.78 is 4.84. The Bertz CT molecular complexity index is 3500. The molecule has 12 rings (SSSR count). The first-order valence-corrected chi connectivity index (χ1v) is 21.0. The number of rotatable bonds is 7. The van der Waals surface area contributed by atoms with Crippen LogP contribution in [0.2, 0.25) is 0 Å². The van der Waals surface area contributed by atoms with Crippen LogP contribution in [0.5, 0.6) is 0 Å². The van der Waals surface area contributed by atoms with Gasteiger partial charge in [-0.1, -0.05) is 176 Å². The summed E-state index contributed by atoms with van der Waals surface area (Å²) in [6, 6.07) is 79.4. The third-order valence-corrected chi connectivity index (χ3v) is 12.0. The largest absolute Gasteiger partial charge is 0.309 e. The second-order valence-corrected chi connectivity index (χ2v) is 15.6. The zero-order chi connectivity index (χ0) is 41.0. The van der Waals surface area contributed by atoms with Gasteiger partial charge in [0, 0.05) is 49.5 Å². The molecule has 0 spiro atoms. The zero-order valence-corrected chi connectivity index (χ0v) is 33.6. The maximum atomic E-state index is 5.26. The molecule has 0 saturated carbocycles. The van der Waals surface area contributed by atoms with Crippen molar-refractivity contribution < 1.29 is 0 Å². The first-order valence-electron chi connectivity index (χ1n) is 21.0. The Morgan fingerprint density at radius 1 is 0.258 bits per heavy atom. The fourth-order valence-corrected chi connectivity index (χ4v) is 9.15. The van der Waals surface area contributed by atoms with Crippen LogP contribution in [0.4, 0.5) is 0 Å². The van der Waals surface area contributed by atoms with Crippen LogP contribution in [0.25, 0.3) is 111 Å². The van der Waals surface area contributed by atoms with E-state index in [-0.39, 0.29) is 0 Å². The van der Waals surface area contributed by atoms with E-state index < -0.39 is 0 Å². The Morgan fingerprint density at radius 2 is 0.661 bits per heavy atom. The number of hydrogen-bond donors (Lipinski definition) is 0. The maximum Gasteiger partial charge on any atom is 0.164 e. The molecule has 3 aromatic heterocycles. The van der Waals surface area contributed by atoms with E-state index in [1.54, 1.807) is 0 Å². The number of aromatic nitrogens is 5. The molecule has 62 heavy (non-hydrogen) atoms. The van der Waals surface area contributed by atoms with Crippen molar-refractivity contribution in [2.45, 2.75) is 0 Å². The van der Waals surface area contributed by atoms with E-state index in [1.165, 1.54) is 32.6 Å². The van der Waals surface area contributed by atoms with Gasteiger partial charge in [0.05, 0.1) is 27.8 Å². The Morgan fingerprint density at radius 3 is 1.19 bits per heavy atom. The molecule has 0 aliphatic heterocycles. The molecule has 0 radical (unpaired) electrons. The molecule has 5 heteroatoms. The molecule has 0 amide bonds. The van der Waals surface area contributed by atoms with Gasteiger partial charge >= 0.3 is 0 Å². The lowest BCUT2D eigenvalue weighted by molar-refractivity contribution is 1.07. The van der Waals surface area contributed by atoms with Crippen molar-refractivity contribution in [3.05, 3.63) is 224 Å². The van der Waals surface area contributed by atoms with Crippen LogP contribution < -0.4 is 0 Å². The fraction of sp³-hybridized carbons (Fsp3) is 0. The minimum absolute atomic E-state index is 0.610. The lowest BCUT2D eigenvalue weighted by atomic mass is 9.92. The first-order chi connectivity index (χ1) is 30.8. The Labute approximate surface area is 358 Å². The van der Waals surface area contributed by atoms with Crippen LogP contribution in [0.1, 0.15) is 0 Å². The van der Waals surface area contributed by atoms with Crippen molar-refractivity contribution in [2.24, 2.45) is 0 Å². The molecular formula is C57H37N5. The summed E-state index contributed by atoms with van der Waals surface area (Å²) >= 11 is 0. The summed E-state index contributed by atoms with van der Waals surface area (Å²) in [5.74, 6) is 1.86. The predicted molar refractivity (Wildman–Crippen MR) is 256 cm³/mol. The van der Waals surface area contributed by atoms with Crippen molar-refractivity contribution in [3.63, 3.8) is 0 Å². The normalized spacial score (nSPS) is 11.5. The summed E-state index contributed by atoms with van der Waals surface area (Å²) in [6.07, 6.45) is 0. The molecule has 0 aliphatic rings. The van der Waals surface area contributed by atoms with Crippen molar-refractivity contribution in [1.82, 2.24) is 24.1 Å². The molecule has 12 aromatic rings. The monoisotopic (exact) mass is 791 g/mol. The highest BCUT2D eigenvalue weighted by Crippen LogP contribution is 2.43. The zero-order valence-electron chi connectivity index (χ0n) is 33.6. The summed E-state index contributed by atoms with van der Waals surface area (Å²) in [5.41, 5.74) is 13.9. The van der Waals surface area contributed by atoms with E-state index >= 15 is 0 Å². The Hall–Kier alpha value is -8.41. The lowest BCUT2D eigenvalue weighted by Gasteiger charge is -2.20. The minimum Gasteiger partial charge on any atom is -0.309 e. The Balaban J connectivity index is 1.15. The Kier molecular flexibility index (Phi) is 8.42. The molecule has 5 nitrogen and oxygen atoms in total. The molecule has 290 valence electrons. The third-order valence-electron chi connectivity index (χ3n) is 12.0. The van der Waals surface area contributed by atoms with E-state index in [4.69, 9.17) is 15.0 Å². The van der Waals surface area contributed by atoms with E-state index in [0.29, 0.717) is 17.5 Å². The smallest absolute Gasteiger partial charge is 0.164 e. The molecule has 0 N–H and O–H groups in total. The minimum atomic E-state index is 0.610. The second-order valence-electron chi connectivity index (χ2n) is 15.6. The van der Waals surface area contributed by atoms with Gasteiger partial charge in [-0.3, -0.25) is 0 Å². The molecule has 0 aliphatic carbocycles. The molecule has 3 heterocycles. The third kappa shape index (κ3) is 5.90. The number of para-hydroxylation sites is 3. The molecule has 0 saturated heterocycles. The molecule has 0 fully saturated rings. The van der Waals surface area contributed by atoms with Gasteiger partial charge in [0.15, 0.2) is 17.5 Å². The molecule has 0 unspecified atom stereocenters. The van der Waals surface area contributed by atoms with Gasteiger partial charge in [-0.15, -0.1) is 0 Å². The SMILES string of the molecule is c1ccc(-c2nc(-c3ccccc3)nc(-c3cc(-c4ccccc4)c(-n4c5ccccc5c5cc(-n6c7ccccc7c7ccccc76)ccc54)cc3-c3ccccc3)n2)cc1. The van der Waals surface area contributed by atoms with Gasteiger partial charge in [0.1, 0.15) is 0 Å². The average Bonchev–Trinajstić information content (AvgIpc) is 3.87. The van der Waals surface area contributed by atoms with Crippen LogP contribution in [0, 0.1) is 0 Å². The highest BCUT2D eigenvalue weighted by atomic mass is 15.0. The average molecular weight is 792 g/mol. The van der Waals surface area contributed by atoms with Gasteiger partial charge in [-0.25, -0.2) is 15.0 Å². The topological polar surface area (TPSA) is 48.5 Å². The number of benzene rings is 9. The highest BCUT2D eigenvalue weighted by molar-refractivity contribution is 6.13. The van der Waals surface area contributed by atoms with Crippen molar-refractivity contribution in [1.29, 1.82) is 0 Å². The van der Waals surface area contributed by atoms with Crippen LogP contribution >= 0.6 is 0 Å². The summed E-state index contributed by atoms with van der Waals surface area (Å²) in [4.78, 5) is 15.6. The predicted octanol–water partition coefficient (Wildman–Crippen LogP) is 14.4. The fourth-order valence-electron chi connectivity index (χ4n) is 9.15. The van der Waals surface area contributed by atoms with Crippen molar-refractivity contribution in [3.8, 4) is 67.8 Å². The van der Waals surface area contributed by atoms with Gasteiger partial charge in [0.25, 0.3) is 0 Å². The lowest BCUT2D eigenvalue weighted by Crippen LogP contribution is -2.04. The molecule has 0 bridgehead atoms. The molecule has 9 aromatic carbocycles. The summed E-state index contributed by atoms with van der Waals surface area (Å²) in [5, 5.41) is 4.86.